The normalized spacial score (nSPS) is 12.3. The number of ether oxygens (including phenoxy) is 1. The molecule has 0 bridgehead atoms. The lowest BCUT2D eigenvalue weighted by Gasteiger charge is -2.14. The van der Waals surface area contributed by atoms with Gasteiger partial charge in [0.25, 0.3) is 10.1 Å². The average Bonchev–Trinajstić information content (AvgIpc) is 2.84. The zero-order valence-electron chi connectivity index (χ0n) is 24.3. The molecule has 0 spiro atoms. The molecule has 3 N–H and O–H groups in total. The number of nitrogens with two attached hydrogens (primary N) is 1. The van der Waals surface area contributed by atoms with Gasteiger partial charge in [-0.15, -0.1) is 0 Å². The van der Waals surface area contributed by atoms with Gasteiger partial charge in [0.1, 0.15) is 6.04 Å². The van der Waals surface area contributed by atoms with E-state index >= 15 is 0 Å². The Hall–Kier alpha value is -0.660. The van der Waals surface area contributed by atoms with Crippen molar-refractivity contribution in [3.05, 3.63) is 0 Å². The van der Waals surface area contributed by atoms with Crippen LogP contribution in [0.1, 0.15) is 156 Å². The minimum atomic E-state index is -3.66. The molecule has 0 saturated carbocycles. The maximum Gasteiger partial charge on any atom is 0.323 e. The molecule has 0 saturated heterocycles. The highest BCUT2D eigenvalue weighted by atomic mass is 32.2. The minimum Gasteiger partial charge on any atom is -0.465 e. The topological polar surface area (TPSA) is 107 Å². The Labute approximate surface area is 224 Å². The summed E-state index contributed by atoms with van der Waals surface area (Å²) in [5.41, 5.74) is 5.77. The first kappa shape index (κ1) is 37.5. The van der Waals surface area contributed by atoms with E-state index in [1.165, 1.54) is 122 Å². The van der Waals surface area contributed by atoms with Crippen molar-refractivity contribution in [3.8, 4) is 0 Å². The van der Waals surface area contributed by atoms with Crippen molar-refractivity contribution in [3.63, 3.8) is 0 Å². The smallest absolute Gasteiger partial charge is 0.323 e. The van der Waals surface area contributed by atoms with Gasteiger partial charge in [-0.05, 0) is 19.3 Å². The first-order valence-electron chi connectivity index (χ1n) is 15.0. The van der Waals surface area contributed by atoms with Gasteiger partial charge in [0, 0.05) is 0 Å². The highest BCUT2D eigenvalue weighted by Gasteiger charge is 2.18. The molecule has 0 amide bonds. The van der Waals surface area contributed by atoms with Crippen molar-refractivity contribution in [1.29, 1.82) is 0 Å². The third kappa shape index (κ3) is 31.4. The summed E-state index contributed by atoms with van der Waals surface area (Å²) in [5, 5.41) is 0. The number of unbranched alkanes of at least 4 members (excludes halogenated alkanes) is 19. The summed E-state index contributed by atoms with van der Waals surface area (Å²) in [7, 11) is -3.66. The van der Waals surface area contributed by atoms with Crippen LogP contribution in [0, 0.1) is 5.92 Å². The van der Waals surface area contributed by atoms with Crippen LogP contribution in [-0.4, -0.2) is 37.3 Å². The van der Waals surface area contributed by atoms with E-state index < -0.39 is 16.2 Å². The molecule has 0 aliphatic carbocycles. The predicted octanol–water partition coefficient (Wildman–Crippen LogP) is 8.23. The molecule has 0 fully saturated rings. The lowest BCUT2D eigenvalue weighted by atomic mass is 10.0. The van der Waals surface area contributed by atoms with Crippen molar-refractivity contribution >= 4 is 16.1 Å². The van der Waals surface area contributed by atoms with Crippen LogP contribution in [0.4, 0.5) is 0 Å². The molecule has 0 heterocycles. The molecule has 0 unspecified atom stereocenters. The summed E-state index contributed by atoms with van der Waals surface area (Å²) in [6.07, 6.45) is 27.5. The maximum atomic E-state index is 11.6. The second-order valence-corrected chi connectivity index (χ2v) is 12.3. The van der Waals surface area contributed by atoms with Crippen molar-refractivity contribution in [2.24, 2.45) is 11.7 Å². The van der Waals surface area contributed by atoms with E-state index in [1.54, 1.807) is 0 Å². The van der Waals surface area contributed by atoms with Crippen molar-refractivity contribution in [2.75, 3.05) is 12.4 Å². The van der Waals surface area contributed by atoms with E-state index in [2.05, 4.69) is 6.92 Å². The number of hydrogen-bond acceptors (Lipinski definition) is 5. The number of hydrogen-bond donors (Lipinski definition) is 2. The minimum absolute atomic E-state index is 0.146. The van der Waals surface area contributed by atoms with Gasteiger partial charge in [0.15, 0.2) is 0 Å². The molecule has 6 nitrogen and oxygen atoms in total. The molecule has 0 aromatic rings. The van der Waals surface area contributed by atoms with Gasteiger partial charge in [-0.3, -0.25) is 9.35 Å². The molecule has 0 aliphatic heterocycles. The Morgan fingerprint density at radius 2 is 0.944 bits per heavy atom. The second-order valence-electron chi connectivity index (χ2n) is 10.5. The second kappa shape index (κ2) is 27.4. The average molecular weight is 536 g/mol. The van der Waals surface area contributed by atoms with E-state index in [0.29, 0.717) is 6.61 Å². The van der Waals surface area contributed by atoms with Crippen LogP contribution in [0.5, 0.6) is 0 Å². The molecular formula is C29H61NO5S. The molecule has 0 aromatic carbocycles. The summed E-state index contributed by atoms with van der Waals surface area (Å²) < 4.78 is 32.1. The summed E-state index contributed by atoms with van der Waals surface area (Å²) >= 11 is 0. The van der Waals surface area contributed by atoms with Crippen LogP contribution < -0.4 is 5.73 Å². The Morgan fingerprint density at radius 1 is 0.667 bits per heavy atom. The highest BCUT2D eigenvalue weighted by Crippen LogP contribution is 2.15. The first-order chi connectivity index (χ1) is 17.2. The third-order valence-electron chi connectivity index (χ3n) is 6.60. The van der Waals surface area contributed by atoms with Gasteiger partial charge in [-0.2, -0.15) is 8.42 Å². The van der Waals surface area contributed by atoms with Gasteiger partial charge >= 0.3 is 5.97 Å². The predicted molar refractivity (Wildman–Crippen MR) is 154 cm³/mol. The van der Waals surface area contributed by atoms with Gasteiger partial charge < -0.3 is 10.5 Å². The molecule has 0 aliphatic rings. The lowest BCUT2D eigenvalue weighted by molar-refractivity contribution is -0.146. The van der Waals surface area contributed by atoms with Gasteiger partial charge in [-0.25, -0.2) is 0 Å². The molecule has 1 atom stereocenters. The Kier molecular flexibility index (Phi) is 28.5. The molecule has 218 valence electrons. The van der Waals surface area contributed by atoms with E-state index in [-0.39, 0.29) is 17.6 Å². The van der Waals surface area contributed by atoms with E-state index in [1.807, 2.05) is 13.8 Å². The number of esters is 1. The van der Waals surface area contributed by atoms with Crippen LogP contribution in [0.2, 0.25) is 0 Å². The van der Waals surface area contributed by atoms with Crippen molar-refractivity contribution < 1.29 is 22.5 Å². The summed E-state index contributed by atoms with van der Waals surface area (Å²) in [6, 6.07) is -0.477. The van der Waals surface area contributed by atoms with Crippen molar-refractivity contribution in [2.45, 2.75) is 162 Å². The molecular weight excluding hydrogens is 474 g/mol. The third-order valence-corrected chi connectivity index (χ3v) is 7.33. The fraction of sp³-hybridized carbons (Fsp3) is 0.966. The largest absolute Gasteiger partial charge is 0.465 e. The summed E-state index contributed by atoms with van der Waals surface area (Å²) in [5.74, 6) is -0.303. The van der Waals surface area contributed by atoms with Gasteiger partial charge in [0.2, 0.25) is 0 Å². The number of carbonyl (C=O) groups is 1. The Morgan fingerprint density at radius 3 is 1.19 bits per heavy atom. The highest BCUT2D eigenvalue weighted by molar-refractivity contribution is 7.85. The van der Waals surface area contributed by atoms with Crippen LogP contribution in [-0.2, 0) is 19.6 Å². The van der Waals surface area contributed by atoms with Crippen molar-refractivity contribution in [1.82, 2.24) is 0 Å². The lowest BCUT2D eigenvalue weighted by Crippen LogP contribution is -2.37. The molecule has 7 heteroatoms. The monoisotopic (exact) mass is 535 g/mol. The van der Waals surface area contributed by atoms with Gasteiger partial charge in [0.05, 0.1) is 12.4 Å². The number of rotatable bonds is 24. The Balaban J connectivity index is 0. The van der Waals surface area contributed by atoms with E-state index in [0.717, 1.165) is 12.8 Å². The molecule has 0 aromatic heterocycles. The van der Waals surface area contributed by atoms with E-state index in [9.17, 15) is 13.2 Å². The SMILES string of the molecule is CCCCCCCCCCCCCCCCCCCCCCOC(=O)[C@@H](N)C(C)C.CCS(=O)(=O)O. The molecule has 0 radical (unpaired) electrons. The maximum absolute atomic E-state index is 11.6. The standard InChI is InChI=1S/C27H55NO2.C2H6O3S/c1-4-5-6-7-8-9-10-11-12-13-14-15-16-17-18-19-20-21-22-23-24-30-27(29)26(28)25(2)3;1-2-6(3,4)5/h25-26H,4-24,28H2,1-3H3;2H2,1H3,(H,3,4,5)/t26-;/m0./s1. The van der Waals surface area contributed by atoms with Crippen LogP contribution in [0.25, 0.3) is 0 Å². The van der Waals surface area contributed by atoms with Crippen LogP contribution in [0.3, 0.4) is 0 Å². The molecule has 0 rings (SSSR count). The fourth-order valence-electron chi connectivity index (χ4n) is 3.90. The number of carbonyl (C=O) groups excluding carboxylic acids is 1. The fourth-order valence-corrected chi connectivity index (χ4v) is 3.90. The summed E-state index contributed by atoms with van der Waals surface area (Å²) in [6.45, 7) is 8.08. The zero-order chi connectivity index (χ0) is 27.5. The quantitative estimate of drug-likeness (QED) is 0.0732. The van der Waals surface area contributed by atoms with E-state index in [4.69, 9.17) is 15.0 Å². The molecule has 36 heavy (non-hydrogen) atoms. The van der Waals surface area contributed by atoms with Gasteiger partial charge in [-0.1, -0.05) is 143 Å². The van der Waals surface area contributed by atoms with Crippen LogP contribution >= 0.6 is 0 Å². The first-order valence-corrected chi connectivity index (χ1v) is 16.6. The zero-order valence-corrected chi connectivity index (χ0v) is 25.1. The Bertz CT molecular complexity index is 566. The summed E-state index contributed by atoms with van der Waals surface area (Å²) in [4.78, 5) is 11.6. The van der Waals surface area contributed by atoms with Crippen LogP contribution in [0.15, 0.2) is 0 Å².